The van der Waals surface area contributed by atoms with Crippen LogP contribution in [-0.4, -0.2) is 16.2 Å². The van der Waals surface area contributed by atoms with Gasteiger partial charge in [0.25, 0.3) is 0 Å². The van der Waals surface area contributed by atoms with E-state index >= 15 is 0 Å². The number of nitrogens with two attached hydrogens (primary N) is 1. The third-order valence-electron chi connectivity index (χ3n) is 3.04. The Hall–Kier alpha value is -1.78. The van der Waals surface area contributed by atoms with E-state index in [1.807, 2.05) is 36.6 Å². The first kappa shape index (κ1) is 13.2. The first-order valence-corrected chi connectivity index (χ1v) is 7.65. The largest absolute Gasteiger partial charge is 0.383 e. The van der Waals surface area contributed by atoms with Gasteiger partial charge in [0, 0.05) is 20.9 Å². The maximum absolute atomic E-state index is 6.04. The third kappa shape index (κ3) is 2.32. The van der Waals surface area contributed by atoms with Crippen LogP contribution in [-0.2, 0) is 0 Å². The third-order valence-corrected chi connectivity index (χ3v) is 4.07. The number of nitrogen functional groups attached to an aromatic ring is 1. The molecule has 0 unspecified atom stereocenters. The zero-order chi connectivity index (χ0) is 14.1. The van der Waals surface area contributed by atoms with Gasteiger partial charge in [-0.15, -0.1) is 11.8 Å². The number of thioether (sulfide) groups is 1. The molecular formula is C15H12ClN3S. The fraction of sp³-hybridized carbons (Fsp3) is 0.0667. The maximum Gasteiger partial charge on any atom is 0.163 e. The van der Waals surface area contributed by atoms with Crippen LogP contribution in [0.25, 0.3) is 22.3 Å². The summed E-state index contributed by atoms with van der Waals surface area (Å²) in [6.45, 7) is 0. The highest BCUT2D eigenvalue weighted by molar-refractivity contribution is 7.98. The number of nitrogens with zero attached hydrogens (tertiary/aromatic N) is 2. The van der Waals surface area contributed by atoms with E-state index in [1.54, 1.807) is 23.9 Å². The Kier molecular flexibility index (Phi) is 3.51. The molecule has 2 aromatic carbocycles. The molecule has 3 rings (SSSR count). The van der Waals surface area contributed by atoms with Gasteiger partial charge in [-0.1, -0.05) is 29.8 Å². The second-order valence-electron chi connectivity index (χ2n) is 4.29. The van der Waals surface area contributed by atoms with Crippen molar-refractivity contribution in [3.8, 4) is 11.4 Å². The highest BCUT2D eigenvalue weighted by atomic mass is 35.5. The van der Waals surface area contributed by atoms with Crippen molar-refractivity contribution in [1.29, 1.82) is 0 Å². The molecule has 0 aliphatic carbocycles. The van der Waals surface area contributed by atoms with Crippen LogP contribution < -0.4 is 5.73 Å². The summed E-state index contributed by atoms with van der Waals surface area (Å²) in [5.74, 6) is 1.09. The second kappa shape index (κ2) is 5.31. The molecular weight excluding hydrogens is 290 g/mol. The molecule has 20 heavy (non-hydrogen) atoms. The summed E-state index contributed by atoms with van der Waals surface area (Å²) in [6, 6.07) is 13.5. The van der Waals surface area contributed by atoms with Crippen molar-refractivity contribution in [2.24, 2.45) is 0 Å². The average molecular weight is 302 g/mol. The van der Waals surface area contributed by atoms with Crippen LogP contribution in [0.4, 0.5) is 5.82 Å². The molecule has 0 bridgehead atoms. The maximum atomic E-state index is 6.04. The smallest absolute Gasteiger partial charge is 0.163 e. The predicted octanol–water partition coefficient (Wildman–Crippen LogP) is 4.25. The lowest BCUT2D eigenvalue weighted by atomic mass is 10.2. The number of benzene rings is 2. The summed E-state index contributed by atoms with van der Waals surface area (Å²) in [4.78, 5) is 10.1. The van der Waals surface area contributed by atoms with Crippen molar-refractivity contribution < 1.29 is 0 Å². The lowest BCUT2D eigenvalue weighted by molar-refractivity contribution is 1.21. The van der Waals surface area contributed by atoms with Gasteiger partial charge in [0.1, 0.15) is 5.82 Å². The van der Waals surface area contributed by atoms with Crippen molar-refractivity contribution in [1.82, 2.24) is 9.97 Å². The molecule has 5 heteroatoms. The van der Waals surface area contributed by atoms with Gasteiger partial charge in [-0.25, -0.2) is 9.97 Å². The Morgan fingerprint density at radius 2 is 1.90 bits per heavy atom. The van der Waals surface area contributed by atoms with Crippen LogP contribution >= 0.6 is 23.4 Å². The van der Waals surface area contributed by atoms with Crippen LogP contribution in [0.1, 0.15) is 0 Å². The minimum atomic E-state index is 0.448. The fourth-order valence-corrected chi connectivity index (χ4v) is 2.84. The molecule has 0 saturated heterocycles. The van der Waals surface area contributed by atoms with Gasteiger partial charge in [-0.2, -0.15) is 0 Å². The number of fused-ring (bicyclic) bond motifs is 1. The zero-order valence-electron chi connectivity index (χ0n) is 10.8. The van der Waals surface area contributed by atoms with Crippen molar-refractivity contribution in [3.05, 3.63) is 47.5 Å². The van der Waals surface area contributed by atoms with Crippen LogP contribution in [0.15, 0.2) is 47.4 Å². The Labute approximate surface area is 126 Å². The van der Waals surface area contributed by atoms with Crippen molar-refractivity contribution in [2.75, 3.05) is 12.0 Å². The van der Waals surface area contributed by atoms with E-state index in [1.165, 1.54) is 0 Å². The van der Waals surface area contributed by atoms with Gasteiger partial charge >= 0.3 is 0 Å². The quantitative estimate of drug-likeness (QED) is 0.719. The molecule has 3 aromatic rings. The molecule has 2 N–H and O–H groups in total. The summed E-state index contributed by atoms with van der Waals surface area (Å²) < 4.78 is 0. The van der Waals surface area contributed by atoms with Crippen LogP contribution in [0, 0.1) is 0 Å². The zero-order valence-corrected chi connectivity index (χ0v) is 12.4. The summed E-state index contributed by atoms with van der Waals surface area (Å²) in [5.41, 5.74) is 7.83. The highest BCUT2D eigenvalue weighted by Gasteiger charge is 2.10. The molecule has 100 valence electrons. The molecule has 3 nitrogen and oxygen atoms in total. The molecule has 0 radical (unpaired) electrons. The Morgan fingerprint density at radius 3 is 2.70 bits per heavy atom. The van der Waals surface area contributed by atoms with E-state index in [9.17, 15) is 0 Å². The normalized spacial score (nSPS) is 10.9. The molecule has 0 spiro atoms. The standard InChI is InChI=1S/C15H12ClN3S/c1-20-13-5-3-2-4-10(13)15-18-12-7-6-9(16)8-11(12)14(17)19-15/h2-8H,1H3,(H2,17,18,19). The van der Waals surface area contributed by atoms with E-state index in [-0.39, 0.29) is 0 Å². The molecule has 0 saturated carbocycles. The van der Waals surface area contributed by atoms with Crippen LogP contribution in [0.5, 0.6) is 0 Å². The van der Waals surface area contributed by atoms with Gasteiger partial charge in [0.2, 0.25) is 0 Å². The van der Waals surface area contributed by atoms with Crippen molar-refractivity contribution >= 4 is 40.1 Å². The Bertz CT molecular complexity index is 789. The van der Waals surface area contributed by atoms with Crippen LogP contribution in [0.2, 0.25) is 5.02 Å². The molecule has 0 amide bonds. The van der Waals surface area contributed by atoms with Crippen molar-refractivity contribution in [3.63, 3.8) is 0 Å². The number of hydrogen-bond donors (Lipinski definition) is 1. The summed E-state index contributed by atoms with van der Waals surface area (Å²) >= 11 is 7.64. The van der Waals surface area contributed by atoms with Crippen LogP contribution in [0.3, 0.4) is 0 Å². The molecule has 1 heterocycles. The van der Waals surface area contributed by atoms with E-state index in [4.69, 9.17) is 17.3 Å². The first-order chi connectivity index (χ1) is 9.69. The SMILES string of the molecule is CSc1ccccc1-c1nc(N)c2cc(Cl)ccc2n1. The summed E-state index contributed by atoms with van der Waals surface area (Å²) in [7, 11) is 0. The second-order valence-corrected chi connectivity index (χ2v) is 5.58. The first-order valence-electron chi connectivity index (χ1n) is 6.05. The van der Waals surface area contributed by atoms with E-state index in [2.05, 4.69) is 9.97 Å². The van der Waals surface area contributed by atoms with Gasteiger partial charge in [-0.3, -0.25) is 0 Å². The molecule has 1 aromatic heterocycles. The van der Waals surface area contributed by atoms with Gasteiger partial charge in [-0.05, 0) is 30.5 Å². The van der Waals surface area contributed by atoms with Gasteiger partial charge in [0.15, 0.2) is 5.82 Å². The number of hydrogen-bond acceptors (Lipinski definition) is 4. The van der Waals surface area contributed by atoms with E-state index < -0.39 is 0 Å². The summed E-state index contributed by atoms with van der Waals surface area (Å²) in [6.07, 6.45) is 2.03. The molecule has 0 aliphatic rings. The molecule has 0 fully saturated rings. The average Bonchev–Trinajstić information content (AvgIpc) is 2.47. The van der Waals surface area contributed by atoms with Crippen molar-refractivity contribution in [2.45, 2.75) is 4.90 Å². The van der Waals surface area contributed by atoms with Gasteiger partial charge < -0.3 is 5.73 Å². The molecule has 0 aliphatic heterocycles. The fourth-order valence-electron chi connectivity index (χ4n) is 2.07. The minimum absolute atomic E-state index is 0.448. The number of aromatic nitrogens is 2. The van der Waals surface area contributed by atoms with Gasteiger partial charge in [0.05, 0.1) is 5.52 Å². The summed E-state index contributed by atoms with van der Waals surface area (Å²) in [5, 5.41) is 1.41. The predicted molar refractivity (Wildman–Crippen MR) is 86.2 cm³/mol. The highest BCUT2D eigenvalue weighted by Crippen LogP contribution is 2.30. The number of halogens is 1. The molecule has 0 atom stereocenters. The lowest BCUT2D eigenvalue weighted by Crippen LogP contribution is -1.98. The monoisotopic (exact) mass is 301 g/mol. The van der Waals surface area contributed by atoms with E-state index in [0.29, 0.717) is 16.7 Å². The minimum Gasteiger partial charge on any atom is -0.383 e. The van der Waals surface area contributed by atoms with E-state index in [0.717, 1.165) is 21.4 Å². The Morgan fingerprint density at radius 1 is 1.10 bits per heavy atom. The lowest BCUT2D eigenvalue weighted by Gasteiger charge is -2.08. The number of rotatable bonds is 2. The number of anilines is 1. The Balaban J connectivity index is 2.25. The topological polar surface area (TPSA) is 51.8 Å².